The number of aryl methyl sites for hydroxylation is 2. The quantitative estimate of drug-likeness (QED) is 0.435. The third-order valence-electron chi connectivity index (χ3n) is 5.98. The van der Waals surface area contributed by atoms with Gasteiger partial charge in [0, 0.05) is 44.5 Å². The molecule has 34 heavy (non-hydrogen) atoms. The fraction of sp³-hybridized carbons (Fsp3) is 0.500. The highest BCUT2D eigenvalue weighted by atomic mass is 32.2. The van der Waals surface area contributed by atoms with E-state index in [2.05, 4.69) is 34.7 Å². The number of carbonyl (C=O) groups excluding carboxylic acids is 1. The molecule has 1 aliphatic heterocycles. The monoisotopic (exact) mass is 489 g/mol. The van der Waals surface area contributed by atoms with E-state index in [9.17, 15) is 18.3 Å². The fourth-order valence-electron chi connectivity index (χ4n) is 4.00. The first-order valence-corrected chi connectivity index (χ1v) is 13.3. The SMILES string of the molecule is CCc1ccccc1CN(C)C[C@@H](O)CNC(=O)c1cc(NC2CN(S(C)(=O)=O)C2)ncc1C. The van der Waals surface area contributed by atoms with Crippen LogP contribution in [-0.2, 0) is 23.0 Å². The van der Waals surface area contributed by atoms with Gasteiger partial charge in [-0.15, -0.1) is 0 Å². The Labute approximate surface area is 202 Å². The molecule has 0 bridgehead atoms. The van der Waals surface area contributed by atoms with Crippen LogP contribution in [0, 0.1) is 6.92 Å². The standard InChI is InChI=1S/C24H35N5O4S/c1-5-18-8-6-7-9-19(18)13-28(3)16-21(30)12-26-24(31)22-10-23(25-11-17(22)2)27-20-14-29(15-20)34(4,32)33/h6-11,20-21,30H,5,12-16H2,1-4H3,(H,25,27)(H,26,31)/t21-/m0/s1. The van der Waals surface area contributed by atoms with Crippen molar-refractivity contribution in [2.24, 2.45) is 0 Å². The van der Waals surface area contributed by atoms with Crippen molar-refractivity contribution >= 4 is 21.7 Å². The molecule has 1 aromatic carbocycles. The molecule has 1 aromatic heterocycles. The first-order chi connectivity index (χ1) is 16.1. The Morgan fingerprint density at radius 1 is 1.29 bits per heavy atom. The smallest absolute Gasteiger partial charge is 0.251 e. The van der Waals surface area contributed by atoms with Crippen LogP contribution in [0.5, 0.6) is 0 Å². The maximum atomic E-state index is 12.8. The number of aromatic nitrogens is 1. The molecule has 3 rings (SSSR count). The highest BCUT2D eigenvalue weighted by Crippen LogP contribution is 2.19. The molecule has 0 spiro atoms. The van der Waals surface area contributed by atoms with Gasteiger partial charge in [0.05, 0.1) is 18.4 Å². The van der Waals surface area contributed by atoms with E-state index in [-0.39, 0.29) is 18.5 Å². The largest absolute Gasteiger partial charge is 0.390 e. The third-order valence-corrected chi connectivity index (χ3v) is 7.21. The number of anilines is 1. The molecule has 1 aliphatic rings. The summed E-state index contributed by atoms with van der Waals surface area (Å²) in [5.41, 5.74) is 3.72. The summed E-state index contributed by atoms with van der Waals surface area (Å²) in [6.45, 7) is 5.97. The number of pyridine rings is 1. The van der Waals surface area contributed by atoms with Crippen molar-refractivity contribution in [2.75, 3.05) is 44.8 Å². The lowest BCUT2D eigenvalue weighted by Crippen LogP contribution is -2.56. The Hall–Kier alpha value is -2.53. The molecular weight excluding hydrogens is 454 g/mol. The van der Waals surface area contributed by atoms with Gasteiger partial charge >= 0.3 is 0 Å². The number of hydrogen-bond donors (Lipinski definition) is 3. The van der Waals surface area contributed by atoms with E-state index in [1.807, 2.05) is 24.1 Å². The van der Waals surface area contributed by atoms with Crippen molar-refractivity contribution in [2.45, 2.75) is 39.0 Å². The predicted octanol–water partition coefficient (Wildman–Crippen LogP) is 1.23. The number of benzene rings is 1. The summed E-state index contributed by atoms with van der Waals surface area (Å²) >= 11 is 0. The lowest BCUT2D eigenvalue weighted by atomic mass is 10.0. The van der Waals surface area contributed by atoms with Crippen LogP contribution >= 0.6 is 0 Å². The minimum atomic E-state index is -3.18. The van der Waals surface area contributed by atoms with E-state index in [1.54, 1.807) is 19.2 Å². The van der Waals surface area contributed by atoms with Crippen molar-refractivity contribution in [1.29, 1.82) is 0 Å². The number of sulfonamides is 1. The van der Waals surface area contributed by atoms with Gasteiger partial charge in [-0.05, 0) is 43.1 Å². The van der Waals surface area contributed by atoms with E-state index in [0.717, 1.165) is 18.5 Å². The van der Waals surface area contributed by atoms with E-state index >= 15 is 0 Å². The van der Waals surface area contributed by atoms with Gasteiger partial charge in [-0.25, -0.2) is 13.4 Å². The van der Waals surface area contributed by atoms with Gasteiger partial charge in [0.1, 0.15) is 5.82 Å². The van der Waals surface area contributed by atoms with Crippen LogP contribution in [0.4, 0.5) is 5.82 Å². The molecule has 0 aliphatic carbocycles. The number of amides is 1. The number of likely N-dealkylation sites (N-methyl/N-ethyl adjacent to an activating group) is 1. The zero-order chi connectivity index (χ0) is 24.9. The van der Waals surface area contributed by atoms with E-state index in [0.29, 0.717) is 31.0 Å². The highest BCUT2D eigenvalue weighted by Gasteiger charge is 2.33. The summed E-state index contributed by atoms with van der Waals surface area (Å²) in [5.74, 6) is 0.233. The Morgan fingerprint density at radius 2 is 1.97 bits per heavy atom. The molecule has 3 N–H and O–H groups in total. The van der Waals surface area contributed by atoms with Gasteiger partial charge in [0.25, 0.3) is 5.91 Å². The minimum absolute atomic E-state index is 0.0453. The number of aliphatic hydroxyl groups is 1. The second kappa shape index (κ2) is 11.3. The van der Waals surface area contributed by atoms with E-state index < -0.39 is 16.1 Å². The Balaban J connectivity index is 1.49. The van der Waals surface area contributed by atoms with Crippen LogP contribution in [0.1, 0.15) is 34.0 Å². The van der Waals surface area contributed by atoms with Crippen molar-refractivity contribution in [3.05, 3.63) is 58.8 Å². The topological polar surface area (TPSA) is 115 Å². The van der Waals surface area contributed by atoms with Gasteiger partial charge in [-0.1, -0.05) is 31.2 Å². The number of carbonyl (C=O) groups is 1. The van der Waals surface area contributed by atoms with Crippen LogP contribution in [0.2, 0.25) is 0 Å². The molecule has 0 radical (unpaired) electrons. The first kappa shape index (κ1) is 26.1. The third kappa shape index (κ3) is 6.99. The van der Waals surface area contributed by atoms with E-state index in [1.165, 1.54) is 21.7 Å². The van der Waals surface area contributed by atoms with Gasteiger partial charge < -0.3 is 15.7 Å². The maximum Gasteiger partial charge on any atom is 0.251 e. The average molecular weight is 490 g/mol. The summed E-state index contributed by atoms with van der Waals surface area (Å²) in [7, 11) is -1.23. The summed E-state index contributed by atoms with van der Waals surface area (Å²) in [6.07, 6.45) is 3.05. The second-order valence-electron chi connectivity index (χ2n) is 8.99. The molecule has 2 heterocycles. The molecule has 1 saturated heterocycles. The molecule has 0 saturated carbocycles. The molecule has 9 nitrogen and oxygen atoms in total. The zero-order valence-electron chi connectivity index (χ0n) is 20.3. The van der Waals surface area contributed by atoms with Crippen molar-refractivity contribution in [3.8, 4) is 0 Å². The Kier molecular flexibility index (Phi) is 8.64. The molecule has 10 heteroatoms. The molecular formula is C24H35N5O4S. The van der Waals surface area contributed by atoms with Crippen LogP contribution in [0.15, 0.2) is 36.5 Å². The number of nitrogens with zero attached hydrogens (tertiary/aromatic N) is 3. The predicted molar refractivity (Wildman–Crippen MR) is 133 cm³/mol. The van der Waals surface area contributed by atoms with Gasteiger partial charge in [-0.3, -0.25) is 9.69 Å². The lowest BCUT2D eigenvalue weighted by Gasteiger charge is -2.37. The normalized spacial score (nSPS) is 15.7. The summed E-state index contributed by atoms with van der Waals surface area (Å²) < 4.78 is 24.4. The van der Waals surface area contributed by atoms with Crippen LogP contribution in [-0.4, -0.2) is 85.2 Å². The van der Waals surface area contributed by atoms with Gasteiger partial charge in [0.15, 0.2) is 0 Å². The van der Waals surface area contributed by atoms with Crippen molar-refractivity contribution < 1.29 is 18.3 Å². The maximum absolute atomic E-state index is 12.8. The minimum Gasteiger partial charge on any atom is -0.390 e. The summed E-state index contributed by atoms with van der Waals surface area (Å²) in [4.78, 5) is 19.1. The van der Waals surface area contributed by atoms with Gasteiger partial charge in [0.2, 0.25) is 10.0 Å². The number of hydrogen-bond acceptors (Lipinski definition) is 7. The van der Waals surface area contributed by atoms with Crippen LogP contribution < -0.4 is 10.6 Å². The average Bonchev–Trinajstić information content (AvgIpc) is 2.74. The number of nitrogens with one attached hydrogen (secondary N) is 2. The molecule has 186 valence electrons. The summed E-state index contributed by atoms with van der Waals surface area (Å²) in [6, 6.07) is 9.89. The number of aliphatic hydroxyl groups excluding tert-OH is 1. The van der Waals surface area contributed by atoms with Crippen molar-refractivity contribution in [3.63, 3.8) is 0 Å². The Bertz CT molecular complexity index is 1100. The molecule has 1 amide bonds. The molecule has 0 unspecified atom stereocenters. The lowest BCUT2D eigenvalue weighted by molar-refractivity contribution is 0.0875. The highest BCUT2D eigenvalue weighted by molar-refractivity contribution is 7.88. The molecule has 1 atom stereocenters. The first-order valence-electron chi connectivity index (χ1n) is 11.5. The molecule has 1 fully saturated rings. The van der Waals surface area contributed by atoms with Crippen LogP contribution in [0.25, 0.3) is 0 Å². The fourth-order valence-corrected chi connectivity index (χ4v) is 4.90. The number of rotatable bonds is 11. The summed E-state index contributed by atoms with van der Waals surface area (Å²) in [5, 5.41) is 16.4. The van der Waals surface area contributed by atoms with Crippen molar-refractivity contribution in [1.82, 2.24) is 19.5 Å². The second-order valence-corrected chi connectivity index (χ2v) is 11.0. The van der Waals surface area contributed by atoms with E-state index in [4.69, 9.17) is 0 Å². The van der Waals surface area contributed by atoms with Gasteiger partial charge in [-0.2, -0.15) is 4.31 Å². The van der Waals surface area contributed by atoms with Crippen LogP contribution in [0.3, 0.4) is 0 Å². The zero-order valence-corrected chi connectivity index (χ0v) is 21.1. The molecule has 2 aromatic rings. The Morgan fingerprint density at radius 3 is 2.62 bits per heavy atom.